The van der Waals surface area contributed by atoms with Gasteiger partial charge < -0.3 is 4.74 Å². The smallest absolute Gasteiger partial charge is 0.293 e. The van der Waals surface area contributed by atoms with Crippen molar-refractivity contribution in [3.63, 3.8) is 0 Å². The van der Waals surface area contributed by atoms with Crippen LogP contribution in [-0.2, 0) is 9.53 Å². The summed E-state index contributed by atoms with van der Waals surface area (Å²) in [4.78, 5) is 10.1. The molecule has 0 aliphatic heterocycles. The topological polar surface area (TPSA) is 26.3 Å². The largest absolute Gasteiger partial charge is 0.462 e. The first-order valence-corrected chi connectivity index (χ1v) is 4.30. The normalized spacial score (nSPS) is 11.2. The van der Waals surface area contributed by atoms with Crippen LogP contribution in [0.2, 0.25) is 0 Å². The molecule has 0 aromatic heterocycles. The zero-order valence-corrected chi connectivity index (χ0v) is 7.72. The summed E-state index contributed by atoms with van der Waals surface area (Å²) in [6, 6.07) is 0. The standard InChI is InChI=1S/C9H18O2/c1-4-6-9(3,7-5-2)11-8-10/h8H,4-7H2,1-3H3. The second kappa shape index (κ2) is 5.16. The van der Waals surface area contributed by atoms with Crippen molar-refractivity contribution in [2.24, 2.45) is 0 Å². The van der Waals surface area contributed by atoms with Crippen LogP contribution < -0.4 is 0 Å². The number of carbonyl (C=O) groups is 1. The van der Waals surface area contributed by atoms with Crippen molar-refractivity contribution in [1.29, 1.82) is 0 Å². The van der Waals surface area contributed by atoms with Crippen LogP contribution in [0.4, 0.5) is 0 Å². The van der Waals surface area contributed by atoms with E-state index in [1.165, 1.54) is 0 Å². The van der Waals surface area contributed by atoms with Crippen molar-refractivity contribution >= 4 is 6.47 Å². The summed E-state index contributed by atoms with van der Waals surface area (Å²) in [6.45, 7) is 6.75. The maximum absolute atomic E-state index is 10.1. The molecule has 0 aliphatic carbocycles. The Kier molecular flexibility index (Phi) is 4.92. The van der Waals surface area contributed by atoms with Crippen LogP contribution in [0.5, 0.6) is 0 Å². The summed E-state index contributed by atoms with van der Waals surface area (Å²) in [5.74, 6) is 0. The highest BCUT2D eigenvalue weighted by molar-refractivity contribution is 5.38. The SMILES string of the molecule is CCCC(C)(CCC)OC=O. The fraction of sp³-hybridized carbons (Fsp3) is 0.889. The van der Waals surface area contributed by atoms with E-state index < -0.39 is 0 Å². The number of rotatable bonds is 6. The molecule has 0 saturated carbocycles. The van der Waals surface area contributed by atoms with Crippen LogP contribution in [0.3, 0.4) is 0 Å². The summed E-state index contributed by atoms with van der Waals surface area (Å²) in [6.07, 6.45) is 4.04. The number of ether oxygens (including phenoxy) is 1. The van der Waals surface area contributed by atoms with Crippen molar-refractivity contribution in [2.75, 3.05) is 0 Å². The summed E-state index contributed by atoms with van der Waals surface area (Å²) in [5.41, 5.74) is -0.217. The zero-order chi connectivity index (χ0) is 8.74. The summed E-state index contributed by atoms with van der Waals surface area (Å²) < 4.78 is 5.03. The number of carbonyl (C=O) groups excluding carboxylic acids is 1. The highest BCUT2D eigenvalue weighted by Crippen LogP contribution is 2.22. The van der Waals surface area contributed by atoms with E-state index in [0.29, 0.717) is 6.47 Å². The van der Waals surface area contributed by atoms with Crippen LogP contribution in [0, 0.1) is 0 Å². The van der Waals surface area contributed by atoms with Gasteiger partial charge in [-0.1, -0.05) is 26.7 Å². The highest BCUT2D eigenvalue weighted by Gasteiger charge is 2.22. The molecule has 0 rings (SSSR count). The molecular formula is C9H18O2. The van der Waals surface area contributed by atoms with Gasteiger partial charge >= 0.3 is 0 Å². The number of hydrogen-bond donors (Lipinski definition) is 0. The maximum atomic E-state index is 10.1. The molecular weight excluding hydrogens is 140 g/mol. The van der Waals surface area contributed by atoms with Crippen molar-refractivity contribution < 1.29 is 9.53 Å². The third kappa shape index (κ3) is 4.02. The Labute approximate surface area is 68.9 Å². The van der Waals surface area contributed by atoms with E-state index >= 15 is 0 Å². The second-order valence-corrected chi connectivity index (χ2v) is 3.16. The first-order valence-electron chi connectivity index (χ1n) is 4.30. The van der Waals surface area contributed by atoms with Gasteiger partial charge in [-0.05, 0) is 19.8 Å². The van der Waals surface area contributed by atoms with Gasteiger partial charge in [0.15, 0.2) is 0 Å². The lowest BCUT2D eigenvalue weighted by atomic mass is 9.95. The van der Waals surface area contributed by atoms with Crippen LogP contribution in [-0.4, -0.2) is 12.1 Å². The number of hydrogen-bond acceptors (Lipinski definition) is 2. The quantitative estimate of drug-likeness (QED) is 0.555. The zero-order valence-electron chi connectivity index (χ0n) is 7.72. The Hall–Kier alpha value is -0.530. The summed E-state index contributed by atoms with van der Waals surface area (Å²) in [5, 5.41) is 0. The van der Waals surface area contributed by atoms with Crippen LogP contribution in [0.25, 0.3) is 0 Å². The minimum absolute atomic E-state index is 0.217. The van der Waals surface area contributed by atoms with Gasteiger partial charge in [-0.15, -0.1) is 0 Å². The lowest BCUT2D eigenvalue weighted by molar-refractivity contribution is -0.143. The van der Waals surface area contributed by atoms with Gasteiger partial charge in [0.05, 0.1) is 0 Å². The molecule has 0 atom stereocenters. The average molecular weight is 158 g/mol. The minimum atomic E-state index is -0.217. The van der Waals surface area contributed by atoms with E-state index in [1.807, 2.05) is 6.92 Å². The van der Waals surface area contributed by atoms with E-state index in [9.17, 15) is 4.79 Å². The predicted octanol–water partition coefficient (Wildman–Crippen LogP) is 2.52. The van der Waals surface area contributed by atoms with Gasteiger partial charge in [-0.3, -0.25) is 4.79 Å². The van der Waals surface area contributed by atoms with Crippen molar-refractivity contribution in [2.45, 2.75) is 52.1 Å². The third-order valence-electron chi connectivity index (χ3n) is 1.89. The van der Waals surface area contributed by atoms with E-state index in [1.54, 1.807) is 0 Å². The molecule has 0 aromatic rings. The van der Waals surface area contributed by atoms with Gasteiger partial charge in [0.1, 0.15) is 5.60 Å². The highest BCUT2D eigenvalue weighted by atomic mass is 16.5. The van der Waals surface area contributed by atoms with Crippen LogP contribution >= 0.6 is 0 Å². The average Bonchev–Trinajstić information content (AvgIpc) is 1.88. The lowest BCUT2D eigenvalue weighted by Gasteiger charge is -2.26. The molecule has 11 heavy (non-hydrogen) atoms. The molecule has 0 saturated heterocycles. The molecule has 2 heteroatoms. The van der Waals surface area contributed by atoms with Crippen molar-refractivity contribution in [3.05, 3.63) is 0 Å². The summed E-state index contributed by atoms with van der Waals surface area (Å²) in [7, 11) is 0. The fourth-order valence-electron chi connectivity index (χ4n) is 1.42. The molecule has 66 valence electrons. The molecule has 0 aromatic carbocycles. The molecule has 0 fully saturated rings. The Bertz CT molecular complexity index is 104. The second-order valence-electron chi connectivity index (χ2n) is 3.16. The molecule has 0 unspecified atom stereocenters. The molecule has 0 radical (unpaired) electrons. The lowest BCUT2D eigenvalue weighted by Crippen LogP contribution is -2.27. The van der Waals surface area contributed by atoms with E-state index in [0.717, 1.165) is 25.7 Å². The summed E-state index contributed by atoms with van der Waals surface area (Å²) >= 11 is 0. The minimum Gasteiger partial charge on any atom is -0.462 e. The Morgan fingerprint density at radius 3 is 2.00 bits per heavy atom. The maximum Gasteiger partial charge on any atom is 0.293 e. The molecule has 0 spiro atoms. The van der Waals surface area contributed by atoms with Gasteiger partial charge in [0.25, 0.3) is 6.47 Å². The predicted molar refractivity (Wildman–Crippen MR) is 45.4 cm³/mol. The van der Waals surface area contributed by atoms with E-state index in [4.69, 9.17) is 4.74 Å². The molecule has 0 aliphatic rings. The Balaban J connectivity index is 3.88. The molecule has 2 nitrogen and oxygen atoms in total. The first-order chi connectivity index (χ1) is 5.18. The van der Waals surface area contributed by atoms with Gasteiger partial charge in [0.2, 0.25) is 0 Å². The van der Waals surface area contributed by atoms with E-state index in [-0.39, 0.29) is 5.60 Å². The fourth-order valence-corrected chi connectivity index (χ4v) is 1.42. The Morgan fingerprint density at radius 1 is 1.27 bits per heavy atom. The molecule has 0 N–H and O–H groups in total. The van der Waals surface area contributed by atoms with E-state index in [2.05, 4.69) is 13.8 Å². The van der Waals surface area contributed by atoms with Gasteiger partial charge in [-0.2, -0.15) is 0 Å². The third-order valence-corrected chi connectivity index (χ3v) is 1.89. The monoisotopic (exact) mass is 158 g/mol. The molecule has 0 amide bonds. The van der Waals surface area contributed by atoms with Crippen molar-refractivity contribution in [1.82, 2.24) is 0 Å². The molecule has 0 heterocycles. The van der Waals surface area contributed by atoms with Crippen LogP contribution in [0.15, 0.2) is 0 Å². The molecule has 0 bridgehead atoms. The van der Waals surface area contributed by atoms with Crippen molar-refractivity contribution in [3.8, 4) is 0 Å². The first kappa shape index (κ1) is 10.5. The van der Waals surface area contributed by atoms with Gasteiger partial charge in [0, 0.05) is 0 Å². The van der Waals surface area contributed by atoms with Gasteiger partial charge in [-0.25, -0.2) is 0 Å². The Morgan fingerprint density at radius 2 is 1.73 bits per heavy atom. The van der Waals surface area contributed by atoms with Crippen LogP contribution in [0.1, 0.15) is 46.5 Å².